The molecule has 1 aliphatic rings. The molecule has 0 unspecified atom stereocenters. The minimum Gasteiger partial charge on any atom is -0.653 e. The first-order valence-electron chi connectivity index (χ1n) is 9.11. The summed E-state index contributed by atoms with van der Waals surface area (Å²) in [5, 5.41) is 15.0. The monoisotopic (exact) mass is 591 g/mol. The molecular weight excluding hydrogens is 577 g/mol. The molecule has 0 aliphatic carbocycles. The van der Waals surface area contributed by atoms with Gasteiger partial charge in [-0.1, -0.05) is 23.5 Å². The average molecular weight is 591 g/mol. The molecule has 4 nitrogen and oxygen atoms in total. The van der Waals surface area contributed by atoms with Gasteiger partial charge >= 0.3 is 12.1 Å². The van der Waals surface area contributed by atoms with Crippen LogP contribution in [0.4, 0.5) is 46.5 Å². The zero-order valence-electron chi connectivity index (χ0n) is 16.3. The number of aliphatic hydroxyl groups is 1. The van der Waals surface area contributed by atoms with E-state index in [0.717, 1.165) is 28.1 Å². The van der Waals surface area contributed by atoms with E-state index >= 15 is 0 Å². The molecule has 0 saturated carbocycles. The number of nitrogens with two attached hydrogens (primary N) is 1. The highest BCUT2D eigenvalue weighted by Crippen LogP contribution is 2.39. The van der Waals surface area contributed by atoms with Gasteiger partial charge < -0.3 is 15.7 Å². The smallest absolute Gasteiger partial charge is 0.459 e. The molecule has 0 saturated heterocycles. The summed E-state index contributed by atoms with van der Waals surface area (Å²) in [5.41, 5.74) is -0.993. The summed E-state index contributed by atoms with van der Waals surface area (Å²) >= 11 is 1.85. The van der Waals surface area contributed by atoms with E-state index in [1.54, 1.807) is 0 Å². The number of hydrogen-bond acceptors (Lipinski definition) is 0. The van der Waals surface area contributed by atoms with Crippen molar-refractivity contribution in [2.24, 2.45) is 0 Å². The fraction of sp³-hybridized carbons (Fsp3) is 0.200. The summed E-state index contributed by atoms with van der Waals surface area (Å²) in [7, 11) is 0. The van der Waals surface area contributed by atoms with Crippen LogP contribution in [0.2, 0.25) is 0 Å². The third kappa shape index (κ3) is 5.51. The fourth-order valence-electron chi connectivity index (χ4n) is 2.77. The number of alkyl halides is 5. The van der Waals surface area contributed by atoms with E-state index in [1.807, 2.05) is 22.6 Å². The number of benzene rings is 2. The van der Waals surface area contributed by atoms with Crippen molar-refractivity contribution >= 4 is 39.9 Å². The zero-order chi connectivity index (χ0) is 24.6. The topological polar surface area (TPSA) is 53.9 Å². The highest BCUT2D eigenvalue weighted by atomic mass is 127. The molecule has 0 spiro atoms. The predicted octanol–water partition coefficient (Wildman–Crippen LogP) is 5.18. The third-order valence-corrected chi connectivity index (χ3v) is 5.17. The highest BCUT2D eigenvalue weighted by Gasteiger charge is 2.58. The van der Waals surface area contributed by atoms with Crippen LogP contribution in [0.1, 0.15) is 5.56 Å². The Kier molecular flexibility index (Phi) is 7.12. The second kappa shape index (κ2) is 9.37. The van der Waals surface area contributed by atoms with Crippen LogP contribution < -0.4 is 5.32 Å². The molecule has 0 amide bonds. The van der Waals surface area contributed by atoms with E-state index < -0.39 is 47.7 Å². The Balaban J connectivity index is 1.80. The van der Waals surface area contributed by atoms with E-state index in [9.17, 15) is 40.2 Å². The summed E-state index contributed by atoms with van der Waals surface area (Å²) in [6, 6.07) is 5.58. The molecule has 0 fully saturated rings. The van der Waals surface area contributed by atoms with Crippen molar-refractivity contribution < 1.29 is 50.1 Å². The maximum atomic E-state index is 14.4. The molecule has 2 aromatic carbocycles. The van der Waals surface area contributed by atoms with Crippen LogP contribution in [-0.4, -0.2) is 40.8 Å². The van der Waals surface area contributed by atoms with Gasteiger partial charge in [0, 0.05) is 14.7 Å². The zero-order valence-corrected chi connectivity index (χ0v) is 18.4. The van der Waals surface area contributed by atoms with Crippen molar-refractivity contribution in [1.82, 2.24) is 0 Å². The van der Waals surface area contributed by atoms with E-state index in [4.69, 9.17) is 0 Å². The van der Waals surface area contributed by atoms with Gasteiger partial charge in [-0.05, 0) is 40.8 Å². The van der Waals surface area contributed by atoms with Gasteiger partial charge in [0.2, 0.25) is 0 Å². The van der Waals surface area contributed by atoms with Crippen LogP contribution in [0.25, 0.3) is 5.32 Å². The molecule has 2 aromatic rings. The molecule has 33 heavy (non-hydrogen) atoms. The maximum Gasteiger partial charge on any atom is 0.459 e. The van der Waals surface area contributed by atoms with Gasteiger partial charge in [0.15, 0.2) is 12.4 Å². The van der Waals surface area contributed by atoms with Gasteiger partial charge in [0.1, 0.15) is 24.4 Å². The molecule has 0 aromatic heterocycles. The van der Waals surface area contributed by atoms with Gasteiger partial charge in [-0.25, -0.2) is 13.2 Å². The Morgan fingerprint density at radius 1 is 1.06 bits per heavy atom. The molecule has 0 atom stereocenters. The molecule has 0 bridgehead atoms. The number of hydrogen-bond donors (Lipinski definition) is 2. The van der Waals surface area contributed by atoms with Crippen LogP contribution in [0.3, 0.4) is 0 Å². The van der Waals surface area contributed by atoms with Gasteiger partial charge in [-0.3, -0.25) is 4.58 Å². The van der Waals surface area contributed by atoms with Crippen molar-refractivity contribution in [3.8, 4) is 0 Å². The lowest BCUT2D eigenvalue weighted by molar-refractivity contribution is -0.672. The summed E-state index contributed by atoms with van der Waals surface area (Å²) in [6.07, 6.45) is -4.46. The van der Waals surface area contributed by atoms with E-state index in [-0.39, 0.29) is 17.8 Å². The number of nitrogens with zero attached hydrogens (tertiary/aromatic N) is 2. The summed E-state index contributed by atoms with van der Waals surface area (Å²) in [5.74, 6) is -9.04. The second-order valence-electron chi connectivity index (χ2n) is 6.93. The molecule has 1 heterocycles. The largest absolute Gasteiger partial charge is 0.653 e. The minimum absolute atomic E-state index is 0.252. The summed E-state index contributed by atoms with van der Waals surface area (Å²) < 4.78 is 106. The standard InChI is InChI=1S/C20H13F8IN3O/c21-13-3-2-12(17(16(13)23)31-15-4-1-11(29)5-14(15)22)18(33)32-7-10(8-32)6-30-9-19(24,25)20(26,27)28/h1-5,7-8,30,33H,6,9H2/q-1/p+1. The number of aliphatic hydroxyl groups excluding tert-OH is 1. The SMILES string of the molecule is OC(c1ccc(F)c(F)c1[N-]c1ccc(I)cc1F)=[N+]1C=C(C[NH2+]CC(F)(F)C(F)(F)F)[CH-]1. The van der Waals surface area contributed by atoms with Crippen molar-refractivity contribution in [2.75, 3.05) is 13.1 Å². The third-order valence-electron chi connectivity index (χ3n) is 4.50. The minimum atomic E-state index is -5.66. The highest BCUT2D eigenvalue weighted by molar-refractivity contribution is 14.1. The molecular formula is C20H14F8IN3O. The Morgan fingerprint density at radius 2 is 1.73 bits per heavy atom. The Bertz CT molecular complexity index is 1130. The van der Waals surface area contributed by atoms with Crippen molar-refractivity contribution in [3.63, 3.8) is 0 Å². The molecule has 3 N–H and O–H groups in total. The van der Waals surface area contributed by atoms with Crippen molar-refractivity contribution in [2.45, 2.75) is 12.1 Å². The molecule has 13 heteroatoms. The lowest BCUT2D eigenvalue weighted by atomic mass is 10.1. The average Bonchev–Trinajstić information content (AvgIpc) is 2.67. The predicted molar refractivity (Wildman–Crippen MR) is 110 cm³/mol. The fourth-order valence-corrected chi connectivity index (χ4v) is 3.22. The van der Waals surface area contributed by atoms with Crippen molar-refractivity contribution in [3.05, 3.63) is 80.6 Å². The number of rotatable bonds is 7. The first-order valence-corrected chi connectivity index (χ1v) is 10.2. The van der Waals surface area contributed by atoms with Crippen LogP contribution in [0.15, 0.2) is 42.1 Å². The Hall–Kier alpha value is -2.55. The lowest BCUT2D eigenvalue weighted by Gasteiger charge is -2.28. The van der Waals surface area contributed by atoms with E-state index in [0.29, 0.717) is 9.14 Å². The van der Waals surface area contributed by atoms with Crippen LogP contribution in [0.5, 0.6) is 0 Å². The lowest BCUT2D eigenvalue weighted by Crippen LogP contribution is -2.89. The Morgan fingerprint density at radius 3 is 2.33 bits per heavy atom. The van der Waals surface area contributed by atoms with Gasteiger partial charge in [0.25, 0.3) is 5.90 Å². The molecule has 3 rings (SSSR count). The van der Waals surface area contributed by atoms with E-state index in [1.165, 1.54) is 24.9 Å². The first-order chi connectivity index (χ1) is 15.3. The van der Waals surface area contributed by atoms with Gasteiger partial charge in [-0.15, -0.1) is 0 Å². The normalized spacial score (nSPS) is 15.5. The maximum absolute atomic E-state index is 14.4. The number of quaternary nitrogens is 1. The summed E-state index contributed by atoms with van der Waals surface area (Å²) in [6.45, 7) is -0.572. The van der Waals surface area contributed by atoms with Crippen molar-refractivity contribution in [1.29, 1.82) is 0 Å². The van der Waals surface area contributed by atoms with Crippen LogP contribution in [-0.2, 0) is 0 Å². The first kappa shape index (κ1) is 25.1. The molecule has 1 aliphatic heterocycles. The van der Waals surface area contributed by atoms with Crippen LogP contribution in [0, 0.1) is 27.6 Å². The quantitative estimate of drug-likeness (QED) is 0.151. The van der Waals surface area contributed by atoms with E-state index in [2.05, 4.69) is 5.32 Å². The van der Waals surface area contributed by atoms with Gasteiger partial charge in [-0.2, -0.15) is 22.0 Å². The van der Waals surface area contributed by atoms with Crippen LogP contribution >= 0.6 is 22.6 Å². The summed E-state index contributed by atoms with van der Waals surface area (Å²) in [4.78, 5) is 0. The van der Waals surface area contributed by atoms with Gasteiger partial charge in [0.05, 0.1) is 6.54 Å². The second-order valence-corrected chi connectivity index (χ2v) is 8.17. The number of halogens is 9. The Labute approximate surface area is 195 Å². The molecule has 178 valence electrons. The molecule has 0 radical (unpaired) electrons.